The van der Waals surface area contributed by atoms with E-state index in [4.69, 9.17) is 4.74 Å². The predicted molar refractivity (Wildman–Crippen MR) is 79.0 cm³/mol. The fraction of sp³-hybridized carbons (Fsp3) is 0.467. The van der Waals surface area contributed by atoms with Gasteiger partial charge >= 0.3 is 12.0 Å². The molecule has 0 saturated heterocycles. The third-order valence-corrected chi connectivity index (χ3v) is 2.85. The molecular formula is C15H22N2O3. The molecule has 1 rings (SSSR count). The van der Waals surface area contributed by atoms with E-state index in [2.05, 4.69) is 5.32 Å². The van der Waals surface area contributed by atoms with Crippen LogP contribution in [0, 0.1) is 0 Å². The highest BCUT2D eigenvalue weighted by Gasteiger charge is 2.16. The van der Waals surface area contributed by atoms with Crippen molar-refractivity contribution in [1.82, 2.24) is 4.90 Å². The summed E-state index contributed by atoms with van der Waals surface area (Å²) in [5, 5.41) is 2.78. The largest absolute Gasteiger partial charge is 0.465 e. The maximum Gasteiger partial charge on any atom is 0.339 e. The molecule has 0 aliphatic carbocycles. The Bertz CT molecular complexity index is 454. The van der Waals surface area contributed by atoms with Gasteiger partial charge < -0.3 is 15.0 Å². The van der Waals surface area contributed by atoms with E-state index in [1.165, 1.54) is 7.11 Å². The van der Waals surface area contributed by atoms with Crippen molar-refractivity contribution in [1.29, 1.82) is 0 Å². The Morgan fingerprint density at radius 2 is 1.75 bits per heavy atom. The number of carbonyl (C=O) groups is 2. The van der Waals surface area contributed by atoms with Crippen LogP contribution >= 0.6 is 0 Å². The molecule has 0 saturated carbocycles. The SMILES string of the molecule is CCCN(CCC)C(=O)Nc1ccccc1C(=O)OC. The number of hydrogen-bond acceptors (Lipinski definition) is 3. The molecule has 0 aliphatic heterocycles. The summed E-state index contributed by atoms with van der Waals surface area (Å²) in [5.41, 5.74) is 0.831. The van der Waals surface area contributed by atoms with E-state index in [0.29, 0.717) is 24.3 Å². The number of carbonyl (C=O) groups excluding carboxylic acids is 2. The molecule has 110 valence electrons. The lowest BCUT2D eigenvalue weighted by molar-refractivity contribution is 0.0602. The Balaban J connectivity index is 2.86. The van der Waals surface area contributed by atoms with Crippen LogP contribution < -0.4 is 5.32 Å². The summed E-state index contributed by atoms with van der Waals surface area (Å²) in [6.45, 7) is 5.44. The van der Waals surface area contributed by atoms with Crippen molar-refractivity contribution in [3.05, 3.63) is 29.8 Å². The van der Waals surface area contributed by atoms with E-state index >= 15 is 0 Å². The van der Waals surface area contributed by atoms with Gasteiger partial charge in [0.15, 0.2) is 0 Å². The molecule has 1 aromatic rings. The Labute approximate surface area is 119 Å². The molecule has 1 aromatic carbocycles. The van der Waals surface area contributed by atoms with Crippen molar-refractivity contribution in [3.8, 4) is 0 Å². The molecule has 0 aromatic heterocycles. The first-order valence-electron chi connectivity index (χ1n) is 6.87. The second kappa shape index (κ2) is 8.19. The van der Waals surface area contributed by atoms with E-state index in [1.807, 2.05) is 13.8 Å². The Kier molecular flexibility index (Phi) is 6.56. The maximum atomic E-state index is 12.2. The van der Waals surface area contributed by atoms with Gasteiger partial charge in [0, 0.05) is 13.1 Å². The molecule has 5 nitrogen and oxygen atoms in total. The van der Waals surface area contributed by atoms with Crippen molar-refractivity contribution >= 4 is 17.7 Å². The number of nitrogens with zero attached hydrogens (tertiary/aromatic N) is 1. The minimum Gasteiger partial charge on any atom is -0.465 e. The van der Waals surface area contributed by atoms with Crippen LogP contribution in [0.15, 0.2) is 24.3 Å². The molecule has 2 amide bonds. The molecule has 0 radical (unpaired) electrons. The van der Waals surface area contributed by atoms with Crippen LogP contribution in [-0.4, -0.2) is 37.1 Å². The number of ether oxygens (including phenoxy) is 1. The van der Waals surface area contributed by atoms with Crippen molar-refractivity contribution < 1.29 is 14.3 Å². The molecule has 0 unspecified atom stereocenters. The molecule has 0 bridgehead atoms. The summed E-state index contributed by atoms with van der Waals surface area (Å²) < 4.78 is 4.71. The van der Waals surface area contributed by atoms with Crippen LogP contribution in [-0.2, 0) is 4.74 Å². The summed E-state index contributed by atoms with van der Waals surface area (Å²) in [7, 11) is 1.32. The van der Waals surface area contributed by atoms with Crippen LogP contribution in [0.5, 0.6) is 0 Å². The van der Waals surface area contributed by atoms with Gasteiger partial charge in [0.2, 0.25) is 0 Å². The third kappa shape index (κ3) is 4.26. The zero-order valence-electron chi connectivity index (χ0n) is 12.3. The summed E-state index contributed by atoms with van der Waals surface area (Å²) >= 11 is 0. The molecule has 5 heteroatoms. The Morgan fingerprint density at radius 1 is 1.15 bits per heavy atom. The Hall–Kier alpha value is -2.04. The lowest BCUT2D eigenvalue weighted by Crippen LogP contribution is -2.36. The van der Waals surface area contributed by atoms with Crippen molar-refractivity contribution in [3.63, 3.8) is 0 Å². The monoisotopic (exact) mass is 278 g/mol. The third-order valence-electron chi connectivity index (χ3n) is 2.85. The number of benzene rings is 1. The average molecular weight is 278 g/mol. The van der Waals surface area contributed by atoms with E-state index in [9.17, 15) is 9.59 Å². The van der Waals surface area contributed by atoms with Crippen molar-refractivity contribution in [2.24, 2.45) is 0 Å². The smallest absolute Gasteiger partial charge is 0.339 e. The highest BCUT2D eigenvalue weighted by molar-refractivity contribution is 6.00. The summed E-state index contributed by atoms with van der Waals surface area (Å²) in [6, 6.07) is 6.64. The number of urea groups is 1. The van der Waals surface area contributed by atoms with Gasteiger partial charge in [-0.2, -0.15) is 0 Å². The number of nitrogens with one attached hydrogen (secondary N) is 1. The van der Waals surface area contributed by atoms with Crippen LogP contribution in [0.3, 0.4) is 0 Å². The molecule has 0 heterocycles. The van der Waals surface area contributed by atoms with Crippen molar-refractivity contribution in [2.45, 2.75) is 26.7 Å². The molecular weight excluding hydrogens is 256 g/mol. The van der Waals surface area contributed by atoms with Crippen LogP contribution in [0.25, 0.3) is 0 Å². The van der Waals surface area contributed by atoms with E-state index in [-0.39, 0.29) is 6.03 Å². The van der Waals surface area contributed by atoms with Gasteiger partial charge in [-0.1, -0.05) is 26.0 Å². The zero-order valence-corrected chi connectivity index (χ0v) is 12.3. The minimum absolute atomic E-state index is 0.190. The number of hydrogen-bond donors (Lipinski definition) is 1. The molecule has 20 heavy (non-hydrogen) atoms. The number of rotatable bonds is 6. The summed E-state index contributed by atoms with van der Waals surface area (Å²) in [4.78, 5) is 25.6. The second-order valence-electron chi connectivity index (χ2n) is 4.45. The lowest BCUT2D eigenvalue weighted by Gasteiger charge is -2.22. The standard InChI is InChI=1S/C15H22N2O3/c1-4-10-17(11-5-2)15(19)16-13-9-7-6-8-12(13)14(18)20-3/h6-9H,4-5,10-11H2,1-3H3,(H,16,19). The highest BCUT2D eigenvalue weighted by atomic mass is 16.5. The zero-order chi connectivity index (χ0) is 15.0. The second-order valence-corrected chi connectivity index (χ2v) is 4.45. The molecule has 1 N–H and O–H groups in total. The predicted octanol–water partition coefficient (Wildman–Crippen LogP) is 3.13. The van der Waals surface area contributed by atoms with Gasteiger partial charge in [0.1, 0.15) is 0 Å². The molecule has 0 spiro atoms. The summed E-state index contributed by atoms with van der Waals surface area (Å²) in [5.74, 6) is -0.460. The minimum atomic E-state index is -0.460. The first-order valence-corrected chi connectivity index (χ1v) is 6.87. The number of anilines is 1. The fourth-order valence-corrected chi connectivity index (χ4v) is 1.93. The number of para-hydroxylation sites is 1. The van der Waals surface area contributed by atoms with Crippen LogP contribution in [0.2, 0.25) is 0 Å². The molecule has 0 atom stereocenters. The normalized spacial score (nSPS) is 9.95. The highest BCUT2D eigenvalue weighted by Crippen LogP contribution is 2.16. The van der Waals surface area contributed by atoms with E-state index in [0.717, 1.165) is 12.8 Å². The number of esters is 1. The van der Waals surface area contributed by atoms with Gasteiger partial charge in [-0.25, -0.2) is 9.59 Å². The van der Waals surface area contributed by atoms with Crippen molar-refractivity contribution in [2.75, 3.05) is 25.5 Å². The number of amides is 2. The van der Waals surface area contributed by atoms with Crippen LogP contribution in [0.4, 0.5) is 10.5 Å². The average Bonchev–Trinajstić information content (AvgIpc) is 2.46. The van der Waals surface area contributed by atoms with Crippen LogP contribution in [0.1, 0.15) is 37.0 Å². The van der Waals surface area contributed by atoms with Gasteiger partial charge in [0.25, 0.3) is 0 Å². The van der Waals surface area contributed by atoms with Gasteiger partial charge in [0.05, 0.1) is 18.4 Å². The van der Waals surface area contributed by atoms with E-state index < -0.39 is 5.97 Å². The van der Waals surface area contributed by atoms with Gasteiger partial charge in [-0.05, 0) is 25.0 Å². The maximum absolute atomic E-state index is 12.2. The van der Waals surface area contributed by atoms with E-state index in [1.54, 1.807) is 29.2 Å². The lowest BCUT2D eigenvalue weighted by atomic mass is 10.2. The first kappa shape index (κ1) is 16.0. The van der Waals surface area contributed by atoms with Gasteiger partial charge in [-0.15, -0.1) is 0 Å². The molecule has 0 fully saturated rings. The summed E-state index contributed by atoms with van der Waals surface area (Å²) in [6.07, 6.45) is 1.79. The number of methoxy groups -OCH3 is 1. The Morgan fingerprint density at radius 3 is 2.30 bits per heavy atom. The first-order chi connectivity index (χ1) is 9.63. The fourth-order valence-electron chi connectivity index (χ4n) is 1.93. The molecule has 0 aliphatic rings. The van der Waals surface area contributed by atoms with Gasteiger partial charge in [-0.3, -0.25) is 0 Å². The topological polar surface area (TPSA) is 58.6 Å². The quantitative estimate of drug-likeness (QED) is 0.813.